The van der Waals surface area contributed by atoms with E-state index in [-0.39, 0.29) is 17.0 Å². The summed E-state index contributed by atoms with van der Waals surface area (Å²) in [6, 6.07) is 19.4. The summed E-state index contributed by atoms with van der Waals surface area (Å²) in [6.07, 6.45) is 0. The number of benzene rings is 2. The van der Waals surface area contributed by atoms with E-state index >= 15 is 0 Å². The highest BCUT2D eigenvalue weighted by Gasteiger charge is 1.98. The van der Waals surface area contributed by atoms with Gasteiger partial charge in [-0.15, -0.1) is 0 Å². The fourth-order valence-electron chi connectivity index (χ4n) is 1.97. The van der Waals surface area contributed by atoms with Crippen LogP contribution in [0, 0.1) is 0 Å². The number of hydrogen-bond acceptors (Lipinski definition) is 1. The van der Waals surface area contributed by atoms with Crippen molar-refractivity contribution in [1.29, 1.82) is 0 Å². The fourth-order valence-corrected chi connectivity index (χ4v) is 1.97. The summed E-state index contributed by atoms with van der Waals surface area (Å²) >= 11 is 0. The minimum absolute atomic E-state index is 0. The average Bonchev–Trinajstić information content (AvgIpc) is 2.40. The lowest BCUT2D eigenvalue weighted by atomic mass is 10.0. The van der Waals surface area contributed by atoms with Crippen molar-refractivity contribution in [3.8, 4) is 0 Å². The lowest BCUT2D eigenvalue weighted by Crippen LogP contribution is -3.00. The van der Waals surface area contributed by atoms with E-state index in [1.165, 1.54) is 16.7 Å². The largest absolute Gasteiger partial charge is 1.00 e. The highest BCUT2D eigenvalue weighted by Crippen LogP contribution is 2.14. The summed E-state index contributed by atoms with van der Waals surface area (Å²) in [4.78, 5) is 0. The Morgan fingerprint density at radius 3 is 1.84 bits per heavy atom. The molecule has 0 fully saturated rings. The van der Waals surface area contributed by atoms with Crippen molar-refractivity contribution in [3.63, 3.8) is 0 Å². The van der Waals surface area contributed by atoms with Gasteiger partial charge in [0, 0.05) is 13.1 Å². The number of halogens is 1. The third-order valence-electron chi connectivity index (χ3n) is 3.15. The molecule has 1 N–H and O–H groups in total. The maximum absolute atomic E-state index is 3.47. The Morgan fingerprint density at radius 2 is 1.32 bits per heavy atom. The van der Waals surface area contributed by atoms with Crippen LogP contribution in [0.4, 0.5) is 0 Å². The third-order valence-corrected chi connectivity index (χ3v) is 3.15. The zero-order chi connectivity index (χ0) is 12.8. The Balaban J connectivity index is 0.00000180. The fraction of sp³-hybridized carbons (Fsp3) is 0.294. The lowest BCUT2D eigenvalue weighted by molar-refractivity contribution is -0.00000383. The first kappa shape index (κ1) is 15.9. The van der Waals surface area contributed by atoms with E-state index in [9.17, 15) is 0 Å². The van der Waals surface area contributed by atoms with Crippen LogP contribution in [0.2, 0.25) is 0 Å². The van der Waals surface area contributed by atoms with Gasteiger partial charge >= 0.3 is 0 Å². The molecular weight excluding hydrogens is 298 g/mol. The summed E-state index contributed by atoms with van der Waals surface area (Å²) in [5.41, 5.74) is 4.08. The van der Waals surface area contributed by atoms with E-state index in [2.05, 4.69) is 67.7 Å². The second kappa shape index (κ2) is 8.13. The molecule has 2 aromatic carbocycles. The van der Waals surface area contributed by atoms with Crippen molar-refractivity contribution in [2.45, 2.75) is 32.9 Å². The van der Waals surface area contributed by atoms with Gasteiger partial charge in [0.25, 0.3) is 0 Å². The Labute approximate surface area is 126 Å². The molecule has 0 heterocycles. The van der Waals surface area contributed by atoms with E-state index in [0.717, 1.165) is 13.1 Å². The zero-order valence-electron chi connectivity index (χ0n) is 11.6. The van der Waals surface area contributed by atoms with Crippen LogP contribution >= 0.6 is 0 Å². The molecule has 0 aliphatic carbocycles. The van der Waals surface area contributed by atoms with E-state index in [0.29, 0.717) is 5.92 Å². The molecule has 0 amide bonds. The number of nitrogens with one attached hydrogen (secondary N) is 1. The highest BCUT2D eigenvalue weighted by atomic mass is 79.9. The van der Waals surface area contributed by atoms with Crippen molar-refractivity contribution in [1.82, 2.24) is 5.32 Å². The molecular formula is C17H21BrN-. The molecule has 2 aromatic rings. The van der Waals surface area contributed by atoms with E-state index < -0.39 is 0 Å². The molecule has 0 atom stereocenters. The molecule has 0 aliphatic rings. The van der Waals surface area contributed by atoms with Gasteiger partial charge in [0.2, 0.25) is 0 Å². The Bertz CT molecular complexity index is 462. The van der Waals surface area contributed by atoms with Crippen LogP contribution < -0.4 is 22.3 Å². The van der Waals surface area contributed by atoms with Crippen molar-refractivity contribution in [2.24, 2.45) is 0 Å². The molecule has 19 heavy (non-hydrogen) atoms. The SMILES string of the molecule is CC(C)c1ccc(CNCc2ccccc2)cc1.[Br-]. The van der Waals surface area contributed by atoms with E-state index in [1.54, 1.807) is 0 Å². The smallest absolute Gasteiger partial charge is 0.0208 e. The van der Waals surface area contributed by atoms with Gasteiger partial charge in [-0.2, -0.15) is 0 Å². The maximum atomic E-state index is 3.47. The standard InChI is InChI=1S/C17H21N.BrH/c1-14(2)17-10-8-16(9-11-17)13-18-12-15-6-4-3-5-7-15;/h3-11,14,18H,12-13H2,1-2H3;1H/p-1. The van der Waals surface area contributed by atoms with Gasteiger partial charge in [-0.1, -0.05) is 68.4 Å². The van der Waals surface area contributed by atoms with Crippen LogP contribution in [0.25, 0.3) is 0 Å². The quantitative estimate of drug-likeness (QED) is 0.870. The second-order valence-corrected chi connectivity index (χ2v) is 4.99. The molecule has 0 unspecified atom stereocenters. The van der Waals surface area contributed by atoms with Gasteiger partial charge in [0.05, 0.1) is 0 Å². The first-order valence-corrected chi connectivity index (χ1v) is 6.59. The van der Waals surface area contributed by atoms with Crippen LogP contribution in [0.15, 0.2) is 54.6 Å². The molecule has 0 saturated carbocycles. The van der Waals surface area contributed by atoms with Gasteiger partial charge in [0.1, 0.15) is 0 Å². The summed E-state index contributed by atoms with van der Waals surface area (Å²) in [6.45, 7) is 6.30. The minimum atomic E-state index is 0. The third kappa shape index (κ3) is 5.17. The van der Waals surface area contributed by atoms with Crippen molar-refractivity contribution < 1.29 is 17.0 Å². The molecule has 2 rings (SSSR count). The summed E-state index contributed by atoms with van der Waals surface area (Å²) < 4.78 is 0. The van der Waals surface area contributed by atoms with Crippen LogP contribution in [0.1, 0.15) is 36.5 Å². The molecule has 0 bridgehead atoms. The average molecular weight is 319 g/mol. The molecule has 0 saturated heterocycles. The zero-order valence-corrected chi connectivity index (χ0v) is 13.2. The van der Waals surface area contributed by atoms with Gasteiger partial charge in [-0.25, -0.2) is 0 Å². The monoisotopic (exact) mass is 318 g/mol. The summed E-state index contributed by atoms with van der Waals surface area (Å²) in [5, 5.41) is 3.47. The van der Waals surface area contributed by atoms with Crippen molar-refractivity contribution in [2.75, 3.05) is 0 Å². The van der Waals surface area contributed by atoms with Gasteiger partial charge in [0.15, 0.2) is 0 Å². The predicted octanol–water partition coefficient (Wildman–Crippen LogP) is 1.10. The summed E-state index contributed by atoms with van der Waals surface area (Å²) in [5.74, 6) is 0.608. The normalized spacial score (nSPS) is 10.3. The second-order valence-electron chi connectivity index (χ2n) is 4.99. The number of hydrogen-bond donors (Lipinski definition) is 1. The minimum Gasteiger partial charge on any atom is -1.00 e. The van der Waals surface area contributed by atoms with Gasteiger partial charge in [-0.3, -0.25) is 0 Å². The summed E-state index contributed by atoms with van der Waals surface area (Å²) in [7, 11) is 0. The Hall–Kier alpha value is -1.12. The maximum Gasteiger partial charge on any atom is 0.0208 e. The van der Waals surface area contributed by atoms with Crippen LogP contribution in [-0.2, 0) is 13.1 Å². The molecule has 0 aromatic heterocycles. The van der Waals surface area contributed by atoms with Crippen LogP contribution in [0.5, 0.6) is 0 Å². The van der Waals surface area contributed by atoms with Crippen LogP contribution in [0.3, 0.4) is 0 Å². The molecule has 0 radical (unpaired) electrons. The van der Waals surface area contributed by atoms with Gasteiger partial charge in [-0.05, 0) is 22.6 Å². The molecule has 2 heteroatoms. The molecule has 102 valence electrons. The Morgan fingerprint density at radius 1 is 0.789 bits per heavy atom. The van der Waals surface area contributed by atoms with Crippen molar-refractivity contribution in [3.05, 3.63) is 71.3 Å². The highest BCUT2D eigenvalue weighted by molar-refractivity contribution is 5.24. The van der Waals surface area contributed by atoms with Crippen molar-refractivity contribution >= 4 is 0 Å². The predicted molar refractivity (Wildman–Crippen MR) is 77.5 cm³/mol. The van der Waals surface area contributed by atoms with E-state index in [1.807, 2.05) is 6.07 Å². The first-order valence-electron chi connectivity index (χ1n) is 6.59. The van der Waals surface area contributed by atoms with Crippen LogP contribution in [-0.4, -0.2) is 0 Å². The van der Waals surface area contributed by atoms with Gasteiger partial charge < -0.3 is 22.3 Å². The Kier molecular flexibility index (Phi) is 6.82. The number of rotatable bonds is 5. The molecule has 1 nitrogen and oxygen atoms in total. The topological polar surface area (TPSA) is 12.0 Å². The van der Waals surface area contributed by atoms with E-state index in [4.69, 9.17) is 0 Å². The first-order chi connectivity index (χ1) is 8.75. The molecule has 0 aliphatic heterocycles. The molecule has 0 spiro atoms. The lowest BCUT2D eigenvalue weighted by Gasteiger charge is -2.08.